The molecule has 1 heterocycles. The molecule has 1 aliphatic heterocycles. The van der Waals surface area contributed by atoms with Crippen molar-refractivity contribution in [2.24, 2.45) is 0 Å². The average molecular weight is 182 g/mol. The standard InChI is InChI=1S/C6H11NO3.ClH/c8-6(9)4-10-5-1-2-7-3-5;/h5,7H,1-4H2,(H,8,9);1H. The van der Waals surface area contributed by atoms with Gasteiger partial charge in [0.05, 0.1) is 6.10 Å². The smallest absolute Gasteiger partial charge is 0.329 e. The predicted octanol–water partition coefficient (Wildman–Crippen LogP) is -0.129. The van der Waals surface area contributed by atoms with Crippen LogP contribution in [0, 0.1) is 0 Å². The van der Waals surface area contributed by atoms with Crippen LogP contribution in [0.4, 0.5) is 0 Å². The Hall–Kier alpha value is -0.320. The van der Waals surface area contributed by atoms with Gasteiger partial charge in [-0.1, -0.05) is 0 Å². The fraction of sp³-hybridized carbons (Fsp3) is 0.833. The summed E-state index contributed by atoms with van der Waals surface area (Å²) in [5.41, 5.74) is 0. The van der Waals surface area contributed by atoms with E-state index in [1.807, 2.05) is 0 Å². The van der Waals surface area contributed by atoms with Crippen molar-refractivity contribution in [3.63, 3.8) is 0 Å². The Morgan fingerprint density at radius 2 is 2.45 bits per heavy atom. The van der Waals surface area contributed by atoms with Gasteiger partial charge >= 0.3 is 5.97 Å². The summed E-state index contributed by atoms with van der Waals surface area (Å²) in [4.78, 5) is 10.0. The van der Waals surface area contributed by atoms with Crippen molar-refractivity contribution in [1.82, 2.24) is 5.32 Å². The third kappa shape index (κ3) is 4.19. The van der Waals surface area contributed by atoms with Crippen LogP contribution >= 0.6 is 12.4 Å². The minimum atomic E-state index is -0.896. The molecule has 0 bridgehead atoms. The van der Waals surface area contributed by atoms with Gasteiger partial charge in [0.25, 0.3) is 0 Å². The lowest BCUT2D eigenvalue weighted by Gasteiger charge is -2.06. The van der Waals surface area contributed by atoms with Gasteiger partial charge in [-0.3, -0.25) is 0 Å². The second-order valence-corrected chi connectivity index (χ2v) is 2.32. The summed E-state index contributed by atoms with van der Waals surface area (Å²) in [5.74, 6) is -0.896. The number of carboxylic acids is 1. The van der Waals surface area contributed by atoms with Crippen molar-refractivity contribution in [2.45, 2.75) is 12.5 Å². The monoisotopic (exact) mass is 181 g/mol. The Balaban J connectivity index is 0.000001000. The van der Waals surface area contributed by atoms with Crippen molar-refractivity contribution in [3.8, 4) is 0 Å². The molecule has 1 saturated heterocycles. The third-order valence-corrected chi connectivity index (χ3v) is 1.46. The Morgan fingerprint density at radius 1 is 1.73 bits per heavy atom. The lowest BCUT2D eigenvalue weighted by Crippen LogP contribution is -2.20. The molecule has 2 N–H and O–H groups in total. The van der Waals surface area contributed by atoms with Crippen molar-refractivity contribution in [2.75, 3.05) is 19.7 Å². The average Bonchev–Trinajstić information content (AvgIpc) is 2.34. The molecule has 5 heteroatoms. The molecule has 0 aromatic carbocycles. The number of nitrogens with one attached hydrogen (secondary N) is 1. The Morgan fingerprint density at radius 3 is 2.91 bits per heavy atom. The fourth-order valence-corrected chi connectivity index (χ4v) is 0.960. The van der Waals surface area contributed by atoms with Crippen molar-refractivity contribution in [1.29, 1.82) is 0 Å². The minimum absolute atomic E-state index is 0. The van der Waals surface area contributed by atoms with Gasteiger partial charge in [-0.15, -0.1) is 12.4 Å². The first-order valence-corrected chi connectivity index (χ1v) is 3.33. The number of aliphatic carboxylic acids is 1. The molecule has 0 aromatic heterocycles. The largest absolute Gasteiger partial charge is 0.480 e. The maximum absolute atomic E-state index is 10.0. The van der Waals surface area contributed by atoms with Crippen LogP contribution in [-0.4, -0.2) is 36.9 Å². The maximum atomic E-state index is 10.0. The normalized spacial score (nSPS) is 22.7. The fourth-order valence-electron chi connectivity index (χ4n) is 0.960. The Labute approximate surface area is 71.3 Å². The van der Waals surface area contributed by atoms with E-state index >= 15 is 0 Å². The molecule has 1 unspecified atom stereocenters. The second-order valence-electron chi connectivity index (χ2n) is 2.32. The zero-order chi connectivity index (χ0) is 7.40. The van der Waals surface area contributed by atoms with Crippen LogP contribution in [0.25, 0.3) is 0 Å². The minimum Gasteiger partial charge on any atom is -0.480 e. The molecule has 1 rings (SSSR count). The van der Waals surface area contributed by atoms with E-state index in [1.54, 1.807) is 0 Å². The van der Waals surface area contributed by atoms with E-state index in [4.69, 9.17) is 9.84 Å². The summed E-state index contributed by atoms with van der Waals surface area (Å²) < 4.78 is 5.00. The first kappa shape index (κ1) is 10.7. The highest BCUT2D eigenvalue weighted by Gasteiger charge is 2.15. The summed E-state index contributed by atoms with van der Waals surface area (Å²) in [5, 5.41) is 11.3. The van der Waals surface area contributed by atoms with Crippen LogP contribution in [0.1, 0.15) is 6.42 Å². The molecule has 0 amide bonds. The molecule has 0 aliphatic carbocycles. The SMILES string of the molecule is Cl.O=C(O)COC1CCNC1. The molecule has 0 radical (unpaired) electrons. The van der Waals surface area contributed by atoms with Crippen LogP contribution in [0.3, 0.4) is 0 Å². The molecule has 0 spiro atoms. The van der Waals surface area contributed by atoms with Gasteiger partial charge in [0, 0.05) is 6.54 Å². The van der Waals surface area contributed by atoms with E-state index in [1.165, 1.54) is 0 Å². The van der Waals surface area contributed by atoms with E-state index < -0.39 is 5.97 Å². The van der Waals surface area contributed by atoms with E-state index in [0.29, 0.717) is 0 Å². The van der Waals surface area contributed by atoms with Gasteiger partial charge in [-0.25, -0.2) is 4.79 Å². The predicted molar refractivity (Wildman–Crippen MR) is 42.1 cm³/mol. The van der Waals surface area contributed by atoms with E-state index in [9.17, 15) is 4.79 Å². The second kappa shape index (κ2) is 5.35. The lowest BCUT2D eigenvalue weighted by atomic mass is 10.3. The molecule has 11 heavy (non-hydrogen) atoms. The molecular weight excluding hydrogens is 170 g/mol. The van der Waals surface area contributed by atoms with E-state index in [2.05, 4.69) is 5.32 Å². The van der Waals surface area contributed by atoms with E-state index in [-0.39, 0.29) is 25.1 Å². The highest BCUT2D eigenvalue weighted by Crippen LogP contribution is 2.01. The van der Waals surface area contributed by atoms with Crippen LogP contribution in [0.15, 0.2) is 0 Å². The van der Waals surface area contributed by atoms with Gasteiger partial charge in [-0.05, 0) is 13.0 Å². The number of carboxylic acid groups (broad SMARTS) is 1. The number of hydrogen-bond acceptors (Lipinski definition) is 3. The number of hydrogen-bond donors (Lipinski definition) is 2. The summed E-state index contributed by atoms with van der Waals surface area (Å²) in [6.07, 6.45) is 1.03. The maximum Gasteiger partial charge on any atom is 0.329 e. The highest BCUT2D eigenvalue weighted by atomic mass is 35.5. The molecule has 0 saturated carbocycles. The van der Waals surface area contributed by atoms with Gasteiger partial charge < -0.3 is 15.2 Å². The Kier molecular flexibility index (Phi) is 5.19. The molecule has 4 nitrogen and oxygen atoms in total. The topological polar surface area (TPSA) is 58.6 Å². The number of carbonyl (C=O) groups is 1. The quantitative estimate of drug-likeness (QED) is 0.637. The van der Waals surface area contributed by atoms with Crippen LogP contribution in [-0.2, 0) is 9.53 Å². The number of ether oxygens (including phenoxy) is 1. The number of rotatable bonds is 3. The first-order valence-electron chi connectivity index (χ1n) is 3.33. The van der Waals surface area contributed by atoms with Crippen molar-refractivity contribution >= 4 is 18.4 Å². The van der Waals surface area contributed by atoms with Crippen molar-refractivity contribution < 1.29 is 14.6 Å². The summed E-state index contributed by atoms with van der Waals surface area (Å²) in [7, 11) is 0. The zero-order valence-electron chi connectivity index (χ0n) is 6.08. The lowest BCUT2D eigenvalue weighted by molar-refractivity contribution is -0.143. The van der Waals surface area contributed by atoms with Gasteiger partial charge in [0.15, 0.2) is 0 Å². The molecular formula is C6H12ClNO3. The number of halogens is 1. The van der Waals surface area contributed by atoms with Crippen LogP contribution in [0.2, 0.25) is 0 Å². The summed E-state index contributed by atoms with van der Waals surface area (Å²) in [6.45, 7) is 1.55. The van der Waals surface area contributed by atoms with Gasteiger partial charge in [0.2, 0.25) is 0 Å². The summed E-state index contributed by atoms with van der Waals surface area (Å²) in [6, 6.07) is 0. The Bertz CT molecular complexity index is 125. The molecule has 1 atom stereocenters. The van der Waals surface area contributed by atoms with Gasteiger partial charge in [0.1, 0.15) is 6.61 Å². The molecule has 1 fully saturated rings. The van der Waals surface area contributed by atoms with Crippen LogP contribution in [0.5, 0.6) is 0 Å². The van der Waals surface area contributed by atoms with E-state index in [0.717, 1.165) is 19.5 Å². The third-order valence-electron chi connectivity index (χ3n) is 1.46. The summed E-state index contributed by atoms with van der Waals surface area (Å²) >= 11 is 0. The molecule has 0 aromatic rings. The molecule has 66 valence electrons. The first-order chi connectivity index (χ1) is 4.79. The zero-order valence-corrected chi connectivity index (χ0v) is 6.89. The van der Waals surface area contributed by atoms with Gasteiger partial charge in [-0.2, -0.15) is 0 Å². The highest BCUT2D eigenvalue weighted by molar-refractivity contribution is 5.85. The van der Waals surface area contributed by atoms with Crippen molar-refractivity contribution in [3.05, 3.63) is 0 Å². The van der Waals surface area contributed by atoms with Crippen LogP contribution < -0.4 is 5.32 Å². The molecule has 1 aliphatic rings.